The number of carbonyl (C=O) groups excluding carboxylic acids is 1. The first kappa shape index (κ1) is 18.1. The van der Waals surface area contributed by atoms with Gasteiger partial charge < -0.3 is 9.88 Å². The molecule has 26 heavy (non-hydrogen) atoms. The van der Waals surface area contributed by atoms with Crippen LogP contribution < -0.4 is 10.7 Å². The minimum atomic E-state index is 0.0668. The van der Waals surface area contributed by atoms with Crippen molar-refractivity contribution in [3.8, 4) is 0 Å². The standard InChI is InChI=1S/C20H25N5O/c1-15(26)16-9-11-17(12-10-16)22-20-23-18-7-4-5-8-19(18)25(20)14-6-13-21-24(2)3/h4-5,7-12,21H,6,13-14H2,1-3H3,(H,22,23). The van der Waals surface area contributed by atoms with E-state index >= 15 is 0 Å². The second-order valence-corrected chi connectivity index (χ2v) is 6.49. The van der Waals surface area contributed by atoms with Gasteiger partial charge in [-0.25, -0.2) is 4.98 Å². The van der Waals surface area contributed by atoms with E-state index in [0.717, 1.165) is 42.2 Å². The molecule has 0 aliphatic rings. The summed E-state index contributed by atoms with van der Waals surface area (Å²) in [6.45, 7) is 3.32. The van der Waals surface area contributed by atoms with Gasteiger partial charge in [-0.3, -0.25) is 15.2 Å². The number of para-hydroxylation sites is 2. The fourth-order valence-corrected chi connectivity index (χ4v) is 2.85. The van der Waals surface area contributed by atoms with Crippen LogP contribution in [-0.2, 0) is 6.54 Å². The van der Waals surface area contributed by atoms with Crippen molar-refractivity contribution in [3.63, 3.8) is 0 Å². The molecule has 0 saturated carbocycles. The van der Waals surface area contributed by atoms with E-state index in [1.807, 2.05) is 61.6 Å². The van der Waals surface area contributed by atoms with Gasteiger partial charge >= 0.3 is 0 Å². The molecule has 0 fully saturated rings. The second-order valence-electron chi connectivity index (χ2n) is 6.49. The van der Waals surface area contributed by atoms with Gasteiger partial charge in [0.05, 0.1) is 11.0 Å². The van der Waals surface area contributed by atoms with E-state index in [9.17, 15) is 4.79 Å². The van der Waals surface area contributed by atoms with E-state index in [1.54, 1.807) is 6.92 Å². The average Bonchev–Trinajstić information content (AvgIpc) is 2.96. The lowest BCUT2D eigenvalue weighted by Gasteiger charge is -2.14. The van der Waals surface area contributed by atoms with Gasteiger partial charge in [0, 0.05) is 38.4 Å². The third-order valence-electron chi connectivity index (χ3n) is 4.19. The normalized spacial score (nSPS) is 11.2. The Labute approximate surface area is 153 Å². The van der Waals surface area contributed by atoms with E-state index in [0.29, 0.717) is 5.56 Å². The number of hydrogen-bond acceptors (Lipinski definition) is 5. The predicted molar refractivity (Wildman–Crippen MR) is 106 cm³/mol. The summed E-state index contributed by atoms with van der Waals surface area (Å²) < 4.78 is 2.20. The topological polar surface area (TPSA) is 62.2 Å². The number of aryl methyl sites for hydroxylation is 1. The number of ketones is 1. The van der Waals surface area contributed by atoms with Gasteiger partial charge in [0.25, 0.3) is 0 Å². The summed E-state index contributed by atoms with van der Waals surface area (Å²) >= 11 is 0. The zero-order valence-electron chi connectivity index (χ0n) is 15.5. The highest BCUT2D eigenvalue weighted by Crippen LogP contribution is 2.23. The van der Waals surface area contributed by atoms with Crippen LogP contribution in [-0.4, -0.2) is 41.0 Å². The maximum absolute atomic E-state index is 11.4. The predicted octanol–water partition coefficient (Wildman–Crippen LogP) is 3.44. The van der Waals surface area contributed by atoms with Gasteiger partial charge in [-0.1, -0.05) is 12.1 Å². The van der Waals surface area contributed by atoms with Gasteiger partial charge in [-0.2, -0.15) is 0 Å². The SMILES string of the molecule is CC(=O)c1ccc(Nc2nc3ccccc3n2CCCNN(C)C)cc1. The third-order valence-corrected chi connectivity index (χ3v) is 4.19. The van der Waals surface area contributed by atoms with Crippen molar-refractivity contribution in [2.75, 3.05) is 26.0 Å². The van der Waals surface area contributed by atoms with Crippen LogP contribution in [0.1, 0.15) is 23.7 Å². The van der Waals surface area contributed by atoms with Crippen molar-refractivity contribution in [3.05, 3.63) is 54.1 Å². The number of aromatic nitrogens is 2. The van der Waals surface area contributed by atoms with E-state index in [4.69, 9.17) is 4.98 Å². The summed E-state index contributed by atoms with van der Waals surface area (Å²) in [5.74, 6) is 0.879. The summed E-state index contributed by atoms with van der Waals surface area (Å²) in [7, 11) is 3.98. The lowest BCUT2D eigenvalue weighted by molar-refractivity contribution is 0.101. The Bertz CT molecular complexity index is 883. The van der Waals surface area contributed by atoms with Gasteiger partial charge in [0.1, 0.15) is 0 Å². The van der Waals surface area contributed by atoms with Crippen LogP contribution >= 0.6 is 0 Å². The number of Topliss-reactive ketones (excluding diaryl/α,β-unsaturated/α-hetero) is 1. The van der Waals surface area contributed by atoms with Gasteiger partial charge in [0.15, 0.2) is 5.78 Å². The van der Waals surface area contributed by atoms with Crippen LogP contribution in [0.25, 0.3) is 11.0 Å². The van der Waals surface area contributed by atoms with Crippen molar-refractivity contribution in [2.24, 2.45) is 0 Å². The zero-order valence-corrected chi connectivity index (χ0v) is 15.5. The number of hydrogen-bond donors (Lipinski definition) is 2. The molecule has 1 aromatic heterocycles. The van der Waals surface area contributed by atoms with E-state index in [1.165, 1.54) is 0 Å². The number of imidazole rings is 1. The van der Waals surface area contributed by atoms with Crippen molar-refractivity contribution in [2.45, 2.75) is 19.9 Å². The molecule has 0 spiro atoms. The first-order valence-electron chi connectivity index (χ1n) is 8.79. The number of fused-ring (bicyclic) bond motifs is 1. The molecule has 1 heterocycles. The smallest absolute Gasteiger partial charge is 0.208 e. The van der Waals surface area contributed by atoms with E-state index in [2.05, 4.69) is 21.4 Å². The Hall–Kier alpha value is -2.70. The highest BCUT2D eigenvalue weighted by molar-refractivity contribution is 5.94. The van der Waals surface area contributed by atoms with E-state index in [-0.39, 0.29) is 5.78 Å². The van der Waals surface area contributed by atoms with Crippen LogP contribution in [0.2, 0.25) is 0 Å². The lowest BCUT2D eigenvalue weighted by atomic mass is 10.1. The Kier molecular flexibility index (Phi) is 5.65. The molecule has 0 unspecified atom stereocenters. The molecule has 6 heteroatoms. The van der Waals surface area contributed by atoms with Crippen molar-refractivity contribution >= 4 is 28.5 Å². The first-order valence-corrected chi connectivity index (χ1v) is 8.79. The summed E-state index contributed by atoms with van der Waals surface area (Å²) in [4.78, 5) is 16.2. The molecular formula is C20H25N5O. The maximum atomic E-state index is 11.4. The Balaban J connectivity index is 1.82. The molecule has 0 radical (unpaired) electrons. The maximum Gasteiger partial charge on any atom is 0.208 e. The van der Waals surface area contributed by atoms with Crippen LogP contribution in [0.15, 0.2) is 48.5 Å². The fraction of sp³-hybridized carbons (Fsp3) is 0.300. The molecule has 136 valence electrons. The molecule has 0 bridgehead atoms. The summed E-state index contributed by atoms with van der Waals surface area (Å²) in [5, 5.41) is 5.35. The molecule has 2 N–H and O–H groups in total. The van der Waals surface area contributed by atoms with E-state index < -0.39 is 0 Å². The van der Waals surface area contributed by atoms with Crippen molar-refractivity contribution < 1.29 is 4.79 Å². The minimum Gasteiger partial charge on any atom is -0.326 e. The number of nitrogens with one attached hydrogen (secondary N) is 2. The molecule has 2 aromatic carbocycles. The molecule has 3 rings (SSSR count). The van der Waals surface area contributed by atoms with Crippen LogP contribution in [0.3, 0.4) is 0 Å². The zero-order chi connectivity index (χ0) is 18.5. The van der Waals surface area contributed by atoms with Gasteiger partial charge in [-0.15, -0.1) is 0 Å². The summed E-state index contributed by atoms with van der Waals surface area (Å²) in [6.07, 6.45) is 0.983. The Morgan fingerprint density at radius 1 is 1.12 bits per heavy atom. The minimum absolute atomic E-state index is 0.0668. The molecule has 0 aliphatic carbocycles. The molecule has 6 nitrogen and oxygen atoms in total. The molecule has 0 saturated heterocycles. The number of rotatable bonds is 8. The lowest BCUT2D eigenvalue weighted by Crippen LogP contribution is -2.31. The van der Waals surface area contributed by atoms with Crippen molar-refractivity contribution in [1.82, 2.24) is 20.0 Å². The summed E-state index contributed by atoms with van der Waals surface area (Å²) in [5.41, 5.74) is 6.99. The molecule has 0 aliphatic heterocycles. The van der Waals surface area contributed by atoms with Crippen LogP contribution in [0, 0.1) is 0 Å². The first-order chi connectivity index (χ1) is 12.5. The fourth-order valence-electron chi connectivity index (χ4n) is 2.85. The number of anilines is 2. The van der Waals surface area contributed by atoms with Crippen molar-refractivity contribution in [1.29, 1.82) is 0 Å². The number of nitrogens with zero attached hydrogens (tertiary/aromatic N) is 3. The Morgan fingerprint density at radius 2 is 1.85 bits per heavy atom. The number of benzene rings is 2. The third kappa shape index (κ3) is 4.28. The number of carbonyl (C=O) groups is 1. The highest BCUT2D eigenvalue weighted by Gasteiger charge is 2.10. The highest BCUT2D eigenvalue weighted by atomic mass is 16.1. The van der Waals surface area contributed by atoms with Crippen LogP contribution in [0.4, 0.5) is 11.6 Å². The number of hydrazine groups is 1. The molecule has 0 atom stereocenters. The quantitative estimate of drug-likeness (QED) is 0.370. The average molecular weight is 351 g/mol. The second kappa shape index (κ2) is 8.12. The van der Waals surface area contributed by atoms with Gasteiger partial charge in [-0.05, 0) is 49.7 Å². The summed E-state index contributed by atoms with van der Waals surface area (Å²) in [6, 6.07) is 15.6. The van der Waals surface area contributed by atoms with Gasteiger partial charge in [0.2, 0.25) is 5.95 Å². The molecular weight excluding hydrogens is 326 g/mol. The monoisotopic (exact) mass is 351 g/mol. The Morgan fingerprint density at radius 3 is 2.54 bits per heavy atom. The largest absolute Gasteiger partial charge is 0.326 e. The molecule has 0 amide bonds. The molecule has 3 aromatic rings. The van der Waals surface area contributed by atoms with Crippen LogP contribution in [0.5, 0.6) is 0 Å².